The van der Waals surface area contributed by atoms with Crippen LogP contribution in [0.15, 0.2) is 54.1 Å². The first-order chi connectivity index (χ1) is 13.3. The van der Waals surface area contributed by atoms with Gasteiger partial charge in [0.2, 0.25) is 0 Å². The molecule has 28 heavy (non-hydrogen) atoms. The number of nitrogens with zero attached hydrogens (tertiary/aromatic N) is 2. The number of nitro groups is 1. The molecule has 2 aromatic carbocycles. The number of aliphatic hydroxyl groups excluding tert-OH is 2. The molecule has 144 valence electrons. The van der Waals surface area contributed by atoms with Crippen molar-refractivity contribution in [2.24, 2.45) is 0 Å². The summed E-state index contributed by atoms with van der Waals surface area (Å²) in [5, 5.41) is 30.7. The third kappa shape index (κ3) is 3.35. The van der Waals surface area contributed by atoms with Crippen LogP contribution in [0.2, 0.25) is 0 Å². The molecule has 0 aliphatic carbocycles. The van der Waals surface area contributed by atoms with Crippen LogP contribution in [0.5, 0.6) is 0 Å². The van der Waals surface area contributed by atoms with Gasteiger partial charge in [0.05, 0.1) is 23.1 Å². The van der Waals surface area contributed by atoms with Crippen molar-refractivity contribution < 1.29 is 29.1 Å². The Bertz CT molecular complexity index is 969. The number of nitro benzene ring substituents is 1. The lowest BCUT2D eigenvalue weighted by Gasteiger charge is -2.24. The molecule has 1 amide bonds. The summed E-state index contributed by atoms with van der Waals surface area (Å²) in [7, 11) is 0. The molecular formula is C19H15FN2O6. The Balaban J connectivity index is 2.14. The number of amides is 1. The summed E-state index contributed by atoms with van der Waals surface area (Å²) in [5.74, 6) is -2.90. The number of ketones is 1. The van der Waals surface area contributed by atoms with Gasteiger partial charge in [0.1, 0.15) is 11.6 Å². The molecule has 0 spiro atoms. The van der Waals surface area contributed by atoms with E-state index in [1.807, 2.05) is 0 Å². The maximum Gasteiger partial charge on any atom is 0.295 e. The van der Waals surface area contributed by atoms with E-state index in [9.17, 15) is 34.3 Å². The van der Waals surface area contributed by atoms with Crippen LogP contribution < -0.4 is 0 Å². The molecule has 0 saturated carbocycles. The molecule has 1 aliphatic heterocycles. The molecule has 0 aromatic heterocycles. The quantitative estimate of drug-likeness (QED) is 0.267. The number of Topliss-reactive ketones (excluding diaryl/α,β-unsaturated/α-hetero) is 1. The first-order valence-electron chi connectivity index (χ1n) is 8.24. The molecule has 8 nitrogen and oxygen atoms in total. The second kappa shape index (κ2) is 7.57. The van der Waals surface area contributed by atoms with E-state index in [0.29, 0.717) is 5.56 Å². The summed E-state index contributed by atoms with van der Waals surface area (Å²) in [4.78, 5) is 36.2. The Kier molecular flexibility index (Phi) is 5.18. The fourth-order valence-corrected chi connectivity index (χ4v) is 3.11. The molecule has 1 aliphatic rings. The fraction of sp³-hybridized carbons (Fsp3) is 0.158. The second-order valence-electron chi connectivity index (χ2n) is 6.07. The van der Waals surface area contributed by atoms with Gasteiger partial charge in [-0.05, 0) is 29.8 Å². The van der Waals surface area contributed by atoms with Gasteiger partial charge >= 0.3 is 0 Å². The summed E-state index contributed by atoms with van der Waals surface area (Å²) in [6.45, 7) is -0.577. The molecule has 2 aromatic rings. The zero-order valence-corrected chi connectivity index (χ0v) is 14.4. The van der Waals surface area contributed by atoms with Crippen molar-refractivity contribution in [2.75, 3.05) is 13.2 Å². The van der Waals surface area contributed by atoms with Crippen molar-refractivity contribution in [1.29, 1.82) is 0 Å². The monoisotopic (exact) mass is 386 g/mol. The molecule has 0 bridgehead atoms. The Morgan fingerprint density at radius 1 is 1.11 bits per heavy atom. The van der Waals surface area contributed by atoms with Gasteiger partial charge in [-0.1, -0.05) is 12.1 Å². The first-order valence-corrected chi connectivity index (χ1v) is 8.24. The van der Waals surface area contributed by atoms with E-state index in [-0.39, 0.29) is 23.4 Å². The molecule has 0 unspecified atom stereocenters. The van der Waals surface area contributed by atoms with E-state index in [4.69, 9.17) is 0 Å². The molecule has 2 N–H and O–H groups in total. The molecule has 1 saturated heterocycles. The topological polar surface area (TPSA) is 121 Å². The normalized spacial score (nSPS) is 18.5. The number of likely N-dealkylation sites (tertiary alicyclic amines) is 1. The standard InChI is InChI=1S/C19H15FN2O6/c20-13-5-1-11(2-6-13)16-15(18(25)19(26)21(16)9-10-23)17(24)12-3-7-14(8-4-12)22(27)28/h1-8,16,23-24H,9-10H2/t16-/m1/s1. The second-order valence-corrected chi connectivity index (χ2v) is 6.07. The number of non-ortho nitro benzene ring substituents is 1. The molecule has 1 atom stereocenters. The zero-order chi connectivity index (χ0) is 20.4. The maximum absolute atomic E-state index is 13.3. The SMILES string of the molecule is O=C1C(=O)N(CCO)[C@H](c2ccc(F)cc2)C1=C(O)c1ccc([N+](=O)[O-])cc1. The number of hydrogen-bond acceptors (Lipinski definition) is 6. The van der Waals surface area contributed by atoms with Gasteiger partial charge < -0.3 is 15.1 Å². The first kappa shape index (κ1) is 19.2. The predicted octanol–water partition coefficient (Wildman–Crippen LogP) is 2.15. The molecule has 0 radical (unpaired) electrons. The number of hydrogen-bond donors (Lipinski definition) is 2. The number of carbonyl (C=O) groups excluding carboxylic acids is 2. The van der Waals surface area contributed by atoms with E-state index in [1.165, 1.54) is 24.3 Å². The van der Waals surface area contributed by atoms with E-state index >= 15 is 0 Å². The molecule has 3 rings (SSSR count). The minimum Gasteiger partial charge on any atom is -0.507 e. The molecule has 9 heteroatoms. The van der Waals surface area contributed by atoms with Crippen LogP contribution in [-0.4, -0.2) is 44.9 Å². The highest BCUT2D eigenvalue weighted by Gasteiger charge is 2.45. The van der Waals surface area contributed by atoms with Gasteiger partial charge in [-0.15, -0.1) is 0 Å². The van der Waals surface area contributed by atoms with Gasteiger partial charge in [-0.25, -0.2) is 4.39 Å². The third-order valence-electron chi connectivity index (χ3n) is 4.42. The minimum atomic E-state index is -1.03. The summed E-state index contributed by atoms with van der Waals surface area (Å²) in [5.41, 5.74) is 0.0449. The number of halogens is 1. The van der Waals surface area contributed by atoms with Crippen LogP contribution >= 0.6 is 0 Å². The third-order valence-corrected chi connectivity index (χ3v) is 4.42. The summed E-state index contributed by atoms with van der Waals surface area (Å²) in [6, 6.07) is 8.86. The lowest BCUT2D eigenvalue weighted by atomic mass is 9.95. The lowest BCUT2D eigenvalue weighted by Crippen LogP contribution is -2.32. The molecule has 1 fully saturated rings. The van der Waals surface area contributed by atoms with Crippen molar-refractivity contribution in [3.63, 3.8) is 0 Å². The summed E-state index contributed by atoms with van der Waals surface area (Å²) >= 11 is 0. The molecular weight excluding hydrogens is 371 g/mol. The van der Waals surface area contributed by atoms with Crippen molar-refractivity contribution >= 4 is 23.1 Å². The Morgan fingerprint density at radius 2 is 1.71 bits per heavy atom. The number of rotatable bonds is 5. The van der Waals surface area contributed by atoms with Gasteiger partial charge in [0.25, 0.3) is 17.4 Å². The van der Waals surface area contributed by atoms with Crippen molar-refractivity contribution in [3.05, 3.63) is 81.2 Å². The maximum atomic E-state index is 13.3. The van der Waals surface area contributed by atoms with Crippen LogP contribution in [0.1, 0.15) is 17.2 Å². The highest BCUT2D eigenvalue weighted by molar-refractivity contribution is 6.46. The smallest absolute Gasteiger partial charge is 0.295 e. The van der Waals surface area contributed by atoms with Crippen LogP contribution in [-0.2, 0) is 9.59 Å². The highest BCUT2D eigenvalue weighted by Crippen LogP contribution is 2.39. The van der Waals surface area contributed by atoms with Crippen LogP contribution in [0.3, 0.4) is 0 Å². The van der Waals surface area contributed by atoms with Gasteiger partial charge in [-0.3, -0.25) is 19.7 Å². The van der Waals surface area contributed by atoms with Gasteiger partial charge in [0, 0.05) is 24.2 Å². The highest BCUT2D eigenvalue weighted by atomic mass is 19.1. The fourth-order valence-electron chi connectivity index (χ4n) is 3.11. The van der Waals surface area contributed by atoms with Crippen LogP contribution in [0.4, 0.5) is 10.1 Å². The van der Waals surface area contributed by atoms with Crippen molar-refractivity contribution in [1.82, 2.24) is 4.90 Å². The van der Waals surface area contributed by atoms with Gasteiger partial charge in [-0.2, -0.15) is 0 Å². The Labute approximate surface area is 158 Å². The predicted molar refractivity (Wildman–Crippen MR) is 95.6 cm³/mol. The van der Waals surface area contributed by atoms with Gasteiger partial charge in [0.15, 0.2) is 0 Å². The zero-order valence-electron chi connectivity index (χ0n) is 14.4. The number of carbonyl (C=O) groups is 2. The van der Waals surface area contributed by atoms with E-state index in [1.54, 1.807) is 0 Å². The Hall–Kier alpha value is -3.59. The number of benzene rings is 2. The summed E-state index contributed by atoms with van der Waals surface area (Å²) in [6.07, 6.45) is 0. The molecule has 1 heterocycles. The number of β-amino-alcohol motifs (C(OH)–C–C–N with tert-alkyl or cyclic N) is 1. The van der Waals surface area contributed by atoms with Crippen molar-refractivity contribution in [3.8, 4) is 0 Å². The average Bonchev–Trinajstić information content (AvgIpc) is 2.93. The van der Waals surface area contributed by atoms with E-state index in [2.05, 4.69) is 0 Å². The van der Waals surface area contributed by atoms with Crippen molar-refractivity contribution in [2.45, 2.75) is 6.04 Å². The van der Waals surface area contributed by atoms with Crippen LogP contribution in [0, 0.1) is 15.9 Å². The van der Waals surface area contributed by atoms with E-state index in [0.717, 1.165) is 29.2 Å². The average molecular weight is 386 g/mol. The number of aliphatic hydroxyl groups is 2. The largest absolute Gasteiger partial charge is 0.507 e. The minimum absolute atomic E-state index is 0.111. The van der Waals surface area contributed by atoms with E-state index < -0.39 is 40.8 Å². The Morgan fingerprint density at radius 3 is 2.25 bits per heavy atom. The summed E-state index contributed by atoms with van der Waals surface area (Å²) < 4.78 is 13.3. The lowest BCUT2D eigenvalue weighted by molar-refractivity contribution is -0.384. The van der Waals surface area contributed by atoms with Crippen LogP contribution in [0.25, 0.3) is 5.76 Å².